The lowest BCUT2D eigenvalue weighted by Gasteiger charge is -2.20. The number of nitrogens with zero attached hydrogens (tertiary/aromatic N) is 1. The molecule has 6 N–H and O–H groups in total. The fraction of sp³-hybridized carbons (Fsp3) is 0.500. The second-order valence-electron chi connectivity index (χ2n) is 4.62. The Labute approximate surface area is 144 Å². The lowest BCUT2D eigenvalue weighted by Crippen LogP contribution is -2.34. The van der Waals surface area contributed by atoms with E-state index in [9.17, 15) is 28.2 Å². The second-order valence-corrected chi connectivity index (χ2v) is 9.38. The number of phosphoric acid groups is 2. The third-order valence-electron chi connectivity index (χ3n) is 2.41. The number of ether oxygens (including phenoxy) is 1. The summed E-state index contributed by atoms with van der Waals surface area (Å²) in [6, 6.07) is 0.997. The van der Waals surface area contributed by atoms with E-state index in [4.69, 9.17) is 24.5 Å². The minimum Gasteiger partial charge on any atom is -0.394 e. The van der Waals surface area contributed by atoms with Crippen LogP contribution in [0, 0.1) is 0 Å². The summed E-state index contributed by atoms with van der Waals surface area (Å²) in [5, 5.41) is 9.16. The molecular weight excluding hydrogens is 425 g/mol. The molecule has 0 aliphatic rings. The number of aliphatic hydroxyl groups excluding tert-OH is 1. The smallest absolute Gasteiger partial charge is 0.394 e. The first-order chi connectivity index (χ1) is 11.7. The SMILES string of the molecule is O=c1ccn(C[C@@H](CO)OCP(=O)(O)OP(=O)(O)OP(=O)(O)O)c(=O)[nH]1. The molecule has 1 aromatic rings. The van der Waals surface area contributed by atoms with Crippen molar-refractivity contribution in [2.75, 3.05) is 13.0 Å². The Morgan fingerprint density at radius 1 is 1.12 bits per heavy atom. The van der Waals surface area contributed by atoms with E-state index in [1.165, 1.54) is 0 Å². The molecule has 0 aliphatic carbocycles. The maximum absolute atomic E-state index is 11.6. The van der Waals surface area contributed by atoms with E-state index < -0.39 is 53.5 Å². The molecule has 0 radical (unpaired) electrons. The first-order valence-electron chi connectivity index (χ1n) is 6.38. The van der Waals surface area contributed by atoms with E-state index in [0.717, 1.165) is 16.8 Å². The molecule has 15 nitrogen and oxygen atoms in total. The van der Waals surface area contributed by atoms with Crippen LogP contribution in [0.3, 0.4) is 0 Å². The average Bonchev–Trinajstić information content (AvgIpc) is 2.41. The highest BCUT2D eigenvalue weighted by Crippen LogP contribution is 2.65. The lowest BCUT2D eigenvalue weighted by atomic mass is 10.3. The van der Waals surface area contributed by atoms with E-state index in [0.29, 0.717) is 0 Å². The summed E-state index contributed by atoms with van der Waals surface area (Å²) in [6.45, 7) is -1.14. The number of hydrogen-bond donors (Lipinski definition) is 6. The molecule has 3 atom stereocenters. The van der Waals surface area contributed by atoms with Crippen LogP contribution in [0.1, 0.15) is 0 Å². The van der Waals surface area contributed by atoms with Gasteiger partial charge in [-0.15, -0.1) is 0 Å². The molecule has 0 bridgehead atoms. The summed E-state index contributed by atoms with van der Waals surface area (Å²) in [5.74, 6) is 0. The standard InChI is InChI=1S/C8H15N2O13P3/c11-4-6(3-10-2-1-7(12)9-8(10)13)21-5-24(14,15)22-26(19,20)23-25(16,17)18/h1-2,6,11H,3-5H2,(H,14,15)(H,19,20)(H,9,12,13)(H2,16,17,18)/t6-/m0/s1. The van der Waals surface area contributed by atoms with Crippen LogP contribution in [0.5, 0.6) is 0 Å². The van der Waals surface area contributed by atoms with Crippen molar-refractivity contribution in [1.29, 1.82) is 0 Å². The number of aromatic amines is 1. The summed E-state index contributed by atoms with van der Waals surface area (Å²) in [4.78, 5) is 59.5. The molecule has 26 heavy (non-hydrogen) atoms. The van der Waals surface area contributed by atoms with Gasteiger partial charge in [-0.2, -0.15) is 4.31 Å². The van der Waals surface area contributed by atoms with Gasteiger partial charge in [0, 0.05) is 12.3 Å². The Hall–Kier alpha value is -0.950. The molecule has 0 spiro atoms. The van der Waals surface area contributed by atoms with Crippen LogP contribution < -0.4 is 11.2 Å². The van der Waals surface area contributed by atoms with E-state index in [2.05, 4.69) is 8.62 Å². The first kappa shape index (κ1) is 23.1. The highest BCUT2D eigenvalue weighted by molar-refractivity contribution is 7.68. The molecule has 0 aromatic carbocycles. The van der Waals surface area contributed by atoms with Crippen LogP contribution in [0.15, 0.2) is 21.9 Å². The minimum absolute atomic E-state index is 0.373. The van der Waals surface area contributed by atoms with Gasteiger partial charge in [-0.1, -0.05) is 0 Å². The van der Waals surface area contributed by atoms with Gasteiger partial charge in [0.05, 0.1) is 19.3 Å². The number of H-pyrrole nitrogens is 1. The Balaban J connectivity index is 2.73. The molecule has 1 rings (SSSR count). The molecule has 1 aromatic heterocycles. The van der Waals surface area contributed by atoms with Crippen LogP contribution in [-0.4, -0.2) is 53.3 Å². The zero-order chi connectivity index (χ0) is 20.2. The molecule has 0 amide bonds. The fourth-order valence-electron chi connectivity index (χ4n) is 1.50. The largest absolute Gasteiger partial charge is 0.488 e. The topological polar surface area (TPSA) is 235 Å². The Kier molecular flexibility index (Phi) is 7.84. The van der Waals surface area contributed by atoms with Gasteiger partial charge in [0.1, 0.15) is 6.35 Å². The summed E-state index contributed by atoms with van der Waals surface area (Å²) in [5.41, 5.74) is -1.53. The van der Waals surface area contributed by atoms with Crippen LogP contribution >= 0.6 is 23.2 Å². The average molecular weight is 440 g/mol. The third-order valence-corrected chi connectivity index (χ3v) is 6.41. The quantitative estimate of drug-likeness (QED) is 0.222. The number of nitrogens with one attached hydrogen (secondary N) is 1. The van der Waals surface area contributed by atoms with Crippen LogP contribution in [0.2, 0.25) is 0 Å². The highest BCUT2D eigenvalue weighted by atomic mass is 31.3. The van der Waals surface area contributed by atoms with Gasteiger partial charge >= 0.3 is 28.9 Å². The molecule has 0 fully saturated rings. The van der Waals surface area contributed by atoms with Gasteiger partial charge in [-0.3, -0.25) is 18.9 Å². The predicted octanol–water partition coefficient (Wildman–Crippen LogP) is -1.72. The van der Waals surface area contributed by atoms with Crippen LogP contribution in [-0.2, 0) is 33.6 Å². The third kappa shape index (κ3) is 8.62. The van der Waals surface area contributed by atoms with Crippen molar-refractivity contribution in [3.63, 3.8) is 0 Å². The lowest BCUT2D eigenvalue weighted by molar-refractivity contribution is 0.0187. The first-order valence-corrected chi connectivity index (χ1v) is 11.2. The Bertz CT molecular complexity index is 871. The predicted molar refractivity (Wildman–Crippen MR) is 82.0 cm³/mol. The number of rotatable bonds is 10. The zero-order valence-corrected chi connectivity index (χ0v) is 15.3. The monoisotopic (exact) mass is 440 g/mol. The van der Waals surface area contributed by atoms with Crippen LogP contribution in [0.4, 0.5) is 0 Å². The van der Waals surface area contributed by atoms with Gasteiger partial charge < -0.3 is 29.4 Å². The van der Waals surface area contributed by atoms with Gasteiger partial charge in [-0.25, -0.2) is 18.2 Å². The molecule has 0 saturated carbocycles. The molecule has 2 unspecified atom stereocenters. The van der Waals surface area contributed by atoms with E-state index in [-0.39, 0.29) is 6.54 Å². The van der Waals surface area contributed by atoms with Crippen LogP contribution in [0.25, 0.3) is 0 Å². The maximum atomic E-state index is 11.6. The number of aliphatic hydroxyl groups is 1. The van der Waals surface area contributed by atoms with Gasteiger partial charge in [0.25, 0.3) is 5.56 Å². The Morgan fingerprint density at radius 3 is 2.23 bits per heavy atom. The summed E-state index contributed by atoms with van der Waals surface area (Å²) < 4.78 is 46.2. The Morgan fingerprint density at radius 2 is 1.73 bits per heavy atom. The number of hydrogen-bond acceptors (Lipinski definition) is 9. The number of aromatic nitrogens is 2. The summed E-state index contributed by atoms with van der Waals surface area (Å²) in [7, 11) is -16.1. The molecule has 150 valence electrons. The fourth-order valence-corrected chi connectivity index (χ4v) is 4.84. The minimum atomic E-state index is -5.60. The summed E-state index contributed by atoms with van der Waals surface area (Å²) >= 11 is 0. The normalized spacial score (nSPS) is 18.0. The van der Waals surface area contributed by atoms with Crippen molar-refractivity contribution >= 4 is 23.2 Å². The molecule has 0 aliphatic heterocycles. The van der Waals surface area contributed by atoms with Gasteiger partial charge in [-0.05, 0) is 0 Å². The zero-order valence-electron chi connectivity index (χ0n) is 12.6. The second kappa shape index (κ2) is 8.83. The van der Waals surface area contributed by atoms with Crippen molar-refractivity contribution in [3.05, 3.63) is 33.1 Å². The molecule has 1 heterocycles. The van der Waals surface area contributed by atoms with Crippen molar-refractivity contribution in [2.45, 2.75) is 12.6 Å². The van der Waals surface area contributed by atoms with E-state index >= 15 is 0 Å². The van der Waals surface area contributed by atoms with Crippen molar-refractivity contribution < 1.29 is 51.7 Å². The van der Waals surface area contributed by atoms with Crippen molar-refractivity contribution in [2.24, 2.45) is 0 Å². The molecular formula is C8H15N2O13P3. The van der Waals surface area contributed by atoms with Crippen molar-refractivity contribution in [3.8, 4) is 0 Å². The highest BCUT2D eigenvalue weighted by Gasteiger charge is 2.40. The molecule has 18 heteroatoms. The van der Waals surface area contributed by atoms with E-state index in [1.807, 2.05) is 4.98 Å². The molecule has 0 saturated heterocycles. The van der Waals surface area contributed by atoms with Gasteiger partial charge in [0.15, 0.2) is 0 Å². The maximum Gasteiger partial charge on any atom is 0.488 e. The van der Waals surface area contributed by atoms with Crippen molar-refractivity contribution in [1.82, 2.24) is 9.55 Å². The van der Waals surface area contributed by atoms with Gasteiger partial charge in [0.2, 0.25) is 0 Å². The summed E-state index contributed by atoms with van der Waals surface area (Å²) in [6.07, 6.45) is -1.49. The van der Waals surface area contributed by atoms with E-state index in [1.54, 1.807) is 0 Å².